The second-order valence-electron chi connectivity index (χ2n) is 12.6. The summed E-state index contributed by atoms with van der Waals surface area (Å²) in [5, 5.41) is 2.65. The van der Waals surface area contributed by atoms with Crippen LogP contribution in [0.25, 0.3) is 22.0 Å². The first-order valence-electron chi connectivity index (χ1n) is 15.3. The number of aryl methyl sites for hydroxylation is 1. The lowest BCUT2D eigenvalue weighted by molar-refractivity contribution is -0.766. The van der Waals surface area contributed by atoms with E-state index in [1.54, 1.807) is 6.07 Å². The van der Waals surface area contributed by atoms with Crippen LogP contribution in [-0.4, -0.2) is 17.3 Å². The van der Waals surface area contributed by atoms with Gasteiger partial charge in [0.05, 0.1) is 10.9 Å². The molecule has 2 aromatic carbocycles. The second-order valence-corrected chi connectivity index (χ2v) is 12.6. The first kappa shape index (κ1) is 28.5. The molecule has 210 valence electrons. The number of nitrogens with zero attached hydrogens (tertiary/aromatic N) is 2. The van der Waals surface area contributed by atoms with E-state index in [4.69, 9.17) is 0 Å². The second kappa shape index (κ2) is 10.4. The van der Waals surface area contributed by atoms with Crippen LogP contribution < -0.4 is 4.57 Å². The fraction of sp³-hybridized carbons (Fsp3) is 0.459. The Morgan fingerprint density at radius 3 is 2.48 bits per heavy atom. The maximum absolute atomic E-state index is 16.1. The van der Waals surface area contributed by atoms with Gasteiger partial charge in [-0.15, -0.1) is 0 Å². The SMILES string of the molecule is C=C[N+](=C)C(CC(C)=CC)C1c2ccc(F)c3c2-c2c4c(ccc(CCCC)c4cc[n+]2C1(CC)CC)C3(C)C. The summed E-state index contributed by atoms with van der Waals surface area (Å²) in [5.41, 5.74) is 7.74. The van der Waals surface area contributed by atoms with Crippen molar-refractivity contribution in [2.45, 2.75) is 110 Å². The third-order valence-electron chi connectivity index (χ3n) is 10.4. The van der Waals surface area contributed by atoms with Crippen LogP contribution in [0.2, 0.25) is 0 Å². The average molecular weight is 539 g/mol. The predicted molar refractivity (Wildman–Crippen MR) is 167 cm³/mol. The maximum atomic E-state index is 16.1. The Kier molecular flexibility index (Phi) is 7.40. The molecule has 5 rings (SSSR count). The number of hydrogen-bond acceptors (Lipinski definition) is 0. The molecule has 0 saturated heterocycles. The van der Waals surface area contributed by atoms with Crippen molar-refractivity contribution in [2.75, 3.05) is 0 Å². The van der Waals surface area contributed by atoms with Crippen molar-refractivity contribution in [1.82, 2.24) is 0 Å². The Bertz CT molecular complexity index is 1540. The van der Waals surface area contributed by atoms with E-state index in [-0.39, 0.29) is 23.3 Å². The lowest BCUT2D eigenvalue weighted by Crippen LogP contribution is -2.65. The van der Waals surface area contributed by atoms with Crippen LogP contribution in [-0.2, 0) is 17.4 Å². The molecule has 2 heterocycles. The molecule has 1 aliphatic carbocycles. The molecule has 1 aromatic heterocycles. The van der Waals surface area contributed by atoms with Gasteiger partial charge in [-0.3, -0.25) is 0 Å². The van der Waals surface area contributed by atoms with E-state index in [0.29, 0.717) is 0 Å². The van der Waals surface area contributed by atoms with E-state index in [2.05, 4.69) is 107 Å². The molecule has 40 heavy (non-hydrogen) atoms. The molecular formula is C37H47FN2+2. The van der Waals surface area contributed by atoms with E-state index in [1.807, 2.05) is 6.20 Å². The zero-order valence-corrected chi connectivity index (χ0v) is 25.7. The summed E-state index contributed by atoms with van der Waals surface area (Å²) in [6, 6.07) is 10.9. The monoisotopic (exact) mass is 538 g/mol. The zero-order valence-electron chi connectivity index (χ0n) is 25.7. The topological polar surface area (TPSA) is 6.89 Å². The van der Waals surface area contributed by atoms with Crippen LogP contribution in [0.5, 0.6) is 0 Å². The van der Waals surface area contributed by atoms with Gasteiger partial charge in [-0.25, -0.2) is 8.97 Å². The van der Waals surface area contributed by atoms with Gasteiger partial charge >= 0.3 is 0 Å². The van der Waals surface area contributed by atoms with E-state index in [1.165, 1.54) is 51.6 Å². The van der Waals surface area contributed by atoms with Crippen molar-refractivity contribution in [3.63, 3.8) is 0 Å². The van der Waals surface area contributed by atoms with Crippen molar-refractivity contribution in [3.8, 4) is 11.3 Å². The van der Waals surface area contributed by atoms with Crippen molar-refractivity contribution < 1.29 is 13.5 Å². The molecule has 2 unspecified atom stereocenters. The molecule has 3 aromatic rings. The van der Waals surface area contributed by atoms with Gasteiger partial charge in [0, 0.05) is 36.3 Å². The highest BCUT2D eigenvalue weighted by Crippen LogP contribution is 2.57. The predicted octanol–water partition coefficient (Wildman–Crippen LogP) is 9.11. The van der Waals surface area contributed by atoms with E-state index in [0.717, 1.165) is 36.8 Å². The summed E-state index contributed by atoms with van der Waals surface area (Å²) < 4.78 is 20.8. The third kappa shape index (κ3) is 3.87. The molecule has 0 N–H and O–H groups in total. The molecule has 3 heteroatoms. The minimum atomic E-state index is -0.455. The summed E-state index contributed by atoms with van der Waals surface area (Å²) in [6.07, 6.45) is 12.6. The Labute approximate surface area is 241 Å². The summed E-state index contributed by atoms with van der Waals surface area (Å²) in [7, 11) is 0. The van der Waals surface area contributed by atoms with Crippen LogP contribution in [0.15, 0.2) is 61.0 Å². The largest absolute Gasteiger partial charge is 0.221 e. The fourth-order valence-corrected chi connectivity index (χ4v) is 8.07. The smallest absolute Gasteiger partial charge is 0.208 e. The van der Waals surface area contributed by atoms with Crippen LogP contribution in [0.1, 0.15) is 109 Å². The minimum Gasteiger partial charge on any atom is -0.208 e. The quantitative estimate of drug-likeness (QED) is 0.138. The summed E-state index contributed by atoms with van der Waals surface area (Å²) in [5.74, 6) is 0.00136. The summed E-state index contributed by atoms with van der Waals surface area (Å²) in [4.78, 5) is 0. The van der Waals surface area contributed by atoms with Crippen molar-refractivity contribution in [2.24, 2.45) is 0 Å². The number of aromatic nitrogens is 1. The molecule has 0 fully saturated rings. The van der Waals surface area contributed by atoms with Gasteiger partial charge in [-0.2, -0.15) is 4.57 Å². The summed E-state index contributed by atoms with van der Waals surface area (Å²) in [6.45, 7) is 24.2. The van der Waals surface area contributed by atoms with Crippen molar-refractivity contribution >= 4 is 17.5 Å². The third-order valence-corrected chi connectivity index (χ3v) is 10.4. The van der Waals surface area contributed by atoms with Crippen LogP contribution in [0, 0.1) is 5.82 Å². The van der Waals surface area contributed by atoms with Crippen LogP contribution >= 0.6 is 0 Å². The fourth-order valence-electron chi connectivity index (χ4n) is 8.07. The highest BCUT2D eigenvalue weighted by atomic mass is 19.1. The molecule has 2 nitrogen and oxygen atoms in total. The molecule has 0 amide bonds. The standard InChI is InChI=1S/C37H47FN2/c1-10-15-16-25-17-19-28-31-26(25)21-22-40-35(31)32-27(18-20-29(38)34(32)36(28,7)8)33(37(40,12-3)13-4)30(39(9)14-5)23-24(6)11-2/h11,14,17-22,30,33H,5,9-10,12-13,15-16,23H2,1-4,6-8H3/q+2. The van der Waals surface area contributed by atoms with Crippen LogP contribution in [0.4, 0.5) is 4.39 Å². The molecule has 0 bridgehead atoms. The molecular weight excluding hydrogens is 491 g/mol. The van der Waals surface area contributed by atoms with Gasteiger partial charge in [0.1, 0.15) is 18.5 Å². The van der Waals surface area contributed by atoms with E-state index >= 15 is 4.39 Å². The average Bonchev–Trinajstić information content (AvgIpc) is 2.96. The molecule has 0 saturated carbocycles. The van der Waals surface area contributed by atoms with Gasteiger partial charge in [0.2, 0.25) is 5.69 Å². The first-order chi connectivity index (χ1) is 19.1. The van der Waals surface area contributed by atoms with E-state index < -0.39 is 5.41 Å². The van der Waals surface area contributed by atoms with E-state index in [9.17, 15) is 0 Å². The Morgan fingerprint density at radius 1 is 1.12 bits per heavy atom. The zero-order chi connectivity index (χ0) is 29.0. The normalized spacial score (nSPS) is 19.0. The molecule has 1 aliphatic heterocycles. The van der Waals surface area contributed by atoms with Gasteiger partial charge in [-0.1, -0.05) is 70.9 Å². The number of hydrogen-bond donors (Lipinski definition) is 0. The minimum absolute atomic E-state index is 0.0832. The molecule has 2 atom stereocenters. The van der Waals surface area contributed by atoms with Crippen LogP contribution in [0.3, 0.4) is 0 Å². The first-order valence-corrected chi connectivity index (χ1v) is 15.3. The Morgan fingerprint density at radius 2 is 1.85 bits per heavy atom. The summed E-state index contributed by atoms with van der Waals surface area (Å²) >= 11 is 0. The number of allylic oxidation sites excluding steroid dienone is 1. The lowest BCUT2D eigenvalue weighted by Gasteiger charge is -2.45. The number of rotatable bonds is 10. The molecule has 2 aliphatic rings. The highest BCUT2D eigenvalue weighted by molar-refractivity contribution is 6.02. The van der Waals surface area contributed by atoms with Gasteiger partial charge < -0.3 is 0 Å². The molecule has 0 spiro atoms. The van der Waals surface area contributed by atoms with Crippen molar-refractivity contribution in [1.29, 1.82) is 0 Å². The van der Waals surface area contributed by atoms with Gasteiger partial charge in [0.15, 0.2) is 24.0 Å². The number of halogens is 1. The Balaban J connectivity index is 1.97. The Hall–Kier alpha value is -3.07. The number of pyridine rings is 1. The lowest BCUT2D eigenvalue weighted by atomic mass is 9.60. The van der Waals surface area contributed by atoms with Gasteiger partial charge in [-0.05, 0) is 61.4 Å². The molecule has 0 radical (unpaired) electrons. The number of unbranched alkanes of at least 4 members (excludes halogenated alkanes) is 1. The number of benzene rings is 2. The van der Waals surface area contributed by atoms with Crippen molar-refractivity contribution in [3.05, 3.63) is 89.0 Å². The maximum Gasteiger partial charge on any atom is 0.221 e. The van der Waals surface area contributed by atoms with Gasteiger partial charge in [0.25, 0.3) is 0 Å². The highest BCUT2D eigenvalue weighted by Gasteiger charge is 2.59.